The zero-order valence-electron chi connectivity index (χ0n) is 17.6. The van der Waals surface area contributed by atoms with Crippen LogP contribution in [0.3, 0.4) is 0 Å². The van der Waals surface area contributed by atoms with Crippen LogP contribution in [0.2, 0.25) is 0 Å². The van der Waals surface area contributed by atoms with E-state index in [-0.39, 0.29) is 12.6 Å². The summed E-state index contributed by atoms with van der Waals surface area (Å²) in [6, 6.07) is 12.9. The number of imide groups is 1. The minimum atomic E-state index is -1.03. The second kappa shape index (κ2) is 9.06. The standard InChI is InChI=1S/C22H26BrN3O4/c1-22(12-15-7-5-6-8-18(15)29-3)20(27)26(21(28)24-22)14-25(2)13-16-11-17(23)9-10-19(16)30-4/h5-11H,12-14H2,1-4H3,(H,24,28). The van der Waals surface area contributed by atoms with Crippen LogP contribution in [-0.2, 0) is 17.8 Å². The van der Waals surface area contributed by atoms with Gasteiger partial charge < -0.3 is 14.8 Å². The SMILES string of the molecule is COc1ccc(Br)cc1CN(C)CN1C(=O)NC(C)(Cc2ccccc2OC)C1=O. The van der Waals surface area contributed by atoms with Gasteiger partial charge in [-0.2, -0.15) is 0 Å². The lowest BCUT2D eigenvalue weighted by molar-refractivity contribution is -0.132. The summed E-state index contributed by atoms with van der Waals surface area (Å²) in [5, 5.41) is 2.85. The normalized spacial score (nSPS) is 18.7. The summed E-state index contributed by atoms with van der Waals surface area (Å²) in [4.78, 5) is 28.9. The summed E-state index contributed by atoms with van der Waals surface area (Å²) < 4.78 is 11.7. The van der Waals surface area contributed by atoms with Crippen LogP contribution in [0.1, 0.15) is 18.1 Å². The molecule has 0 radical (unpaired) electrons. The monoisotopic (exact) mass is 475 g/mol. The van der Waals surface area contributed by atoms with Gasteiger partial charge in [0.05, 0.1) is 20.9 Å². The molecular formula is C22H26BrN3O4. The second-order valence-corrected chi connectivity index (χ2v) is 8.51. The number of urea groups is 1. The highest BCUT2D eigenvalue weighted by atomic mass is 79.9. The molecule has 1 aliphatic rings. The average Bonchev–Trinajstić information content (AvgIpc) is 2.91. The molecule has 3 amide bonds. The minimum absolute atomic E-state index is 0.169. The third-order valence-electron chi connectivity index (χ3n) is 5.15. The van der Waals surface area contributed by atoms with Crippen molar-refractivity contribution in [1.29, 1.82) is 0 Å². The Kier molecular flexibility index (Phi) is 6.67. The number of amides is 3. The van der Waals surface area contributed by atoms with E-state index >= 15 is 0 Å². The van der Waals surface area contributed by atoms with Crippen molar-refractivity contribution in [1.82, 2.24) is 15.1 Å². The Balaban J connectivity index is 1.72. The van der Waals surface area contributed by atoms with Crippen molar-refractivity contribution in [3.05, 3.63) is 58.1 Å². The quantitative estimate of drug-likeness (QED) is 0.592. The van der Waals surface area contributed by atoms with E-state index in [1.807, 2.05) is 54.4 Å². The van der Waals surface area contributed by atoms with Crippen molar-refractivity contribution in [3.8, 4) is 11.5 Å². The van der Waals surface area contributed by atoms with E-state index in [0.717, 1.165) is 21.3 Å². The first-order valence-electron chi connectivity index (χ1n) is 9.54. The molecule has 1 aliphatic heterocycles. The van der Waals surface area contributed by atoms with Gasteiger partial charge in [0.1, 0.15) is 17.0 Å². The van der Waals surface area contributed by atoms with Gasteiger partial charge >= 0.3 is 6.03 Å². The maximum absolute atomic E-state index is 13.1. The first-order valence-corrected chi connectivity index (χ1v) is 10.3. The number of halogens is 1. The molecule has 160 valence electrons. The highest BCUT2D eigenvalue weighted by molar-refractivity contribution is 9.10. The van der Waals surface area contributed by atoms with Gasteiger partial charge in [-0.05, 0) is 43.8 Å². The van der Waals surface area contributed by atoms with Gasteiger partial charge in [-0.25, -0.2) is 9.69 Å². The molecule has 7 nitrogen and oxygen atoms in total. The van der Waals surface area contributed by atoms with E-state index < -0.39 is 11.6 Å². The number of nitrogens with zero attached hydrogens (tertiary/aromatic N) is 2. The zero-order valence-corrected chi connectivity index (χ0v) is 19.2. The number of hydrogen-bond donors (Lipinski definition) is 1. The molecule has 0 aliphatic carbocycles. The molecule has 0 aromatic heterocycles. The number of nitrogens with one attached hydrogen (secondary N) is 1. The first-order chi connectivity index (χ1) is 14.3. The van der Waals surface area contributed by atoms with Crippen molar-refractivity contribution in [2.45, 2.75) is 25.4 Å². The molecule has 1 atom stereocenters. The van der Waals surface area contributed by atoms with Gasteiger partial charge in [0.25, 0.3) is 5.91 Å². The maximum Gasteiger partial charge on any atom is 0.326 e. The van der Waals surface area contributed by atoms with E-state index in [0.29, 0.717) is 18.7 Å². The van der Waals surface area contributed by atoms with Crippen LogP contribution in [-0.4, -0.2) is 55.2 Å². The maximum atomic E-state index is 13.1. The van der Waals surface area contributed by atoms with Gasteiger partial charge in [0.2, 0.25) is 0 Å². The zero-order chi connectivity index (χ0) is 21.9. The molecule has 1 heterocycles. The highest BCUT2D eigenvalue weighted by Gasteiger charge is 2.48. The smallest absolute Gasteiger partial charge is 0.326 e. The number of benzene rings is 2. The largest absolute Gasteiger partial charge is 0.496 e. The fourth-order valence-electron chi connectivity index (χ4n) is 3.68. The fraction of sp³-hybridized carbons (Fsp3) is 0.364. The molecule has 1 saturated heterocycles. The Hall–Kier alpha value is -2.58. The molecule has 2 aromatic carbocycles. The third-order valence-corrected chi connectivity index (χ3v) is 5.64. The summed E-state index contributed by atoms with van der Waals surface area (Å²) in [5.74, 6) is 1.19. The van der Waals surface area contributed by atoms with Crippen LogP contribution in [0, 0.1) is 0 Å². The van der Waals surface area contributed by atoms with Gasteiger partial charge in [-0.1, -0.05) is 34.1 Å². The predicted molar refractivity (Wildman–Crippen MR) is 118 cm³/mol. The third kappa shape index (κ3) is 4.60. The number of ether oxygens (including phenoxy) is 2. The van der Waals surface area contributed by atoms with E-state index in [4.69, 9.17) is 9.47 Å². The Morgan fingerprint density at radius 2 is 1.73 bits per heavy atom. The molecule has 1 N–H and O–H groups in total. The predicted octanol–water partition coefficient (Wildman–Crippen LogP) is 3.41. The lowest BCUT2D eigenvalue weighted by Gasteiger charge is -2.25. The first kappa shape index (κ1) is 22.1. The Morgan fingerprint density at radius 1 is 1.07 bits per heavy atom. The van der Waals surface area contributed by atoms with E-state index in [1.54, 1.807) is 21.1 Å². The fourth-order valence-corrected chi connectivity index (χ4v) is 4.09. The van der Waals surface area contributed by atoms with Crippen molar-refractivity contribution < 1.29 is 19.1 Å². The van der Waals surface area contributed by atoms with E-state index in [2.05, 4.69) is 21.2 Å². The van der Waals surface area contributed by atoms with E-state index in [9.17, 15) is 9.59 Å². The average molecular weight is 476 g/mol. The van der Waals surface area contributed by atoms with Gasteiger partial charge in [0, 0.05) is 23.0 Å². The number of carbonyl (C=O) groups is 2. The Bertz CT molecular complexity index is 952. The van der Waals surface area contributed by atoms with E-state index in [1.165, 1.54) is 4.90 Å². The molecule has 3 rings (SSSR count). The second-order valence-electron chi connectivity index (χ2n) is 7.60. The summed E-state index contributed by atoms with van der Waals surface area (Å²) in [6.07, 6.45) is 0.348. The van der Waals surface area contributed by atoms with Crippen molar-refractivity contribution in [2.75, 3.05) is 27.9 Å². The number of rotatable bonds is 8. The van der Waals surface area contributed by atoms with Crippen molar-refractivity contribution >= 4 is 27.9 Å². The van der Waals surface area contributed by atoms with Crippen molar-refractivity contribution in [3.63, 3.8) is 0 Å². The van der Waals surface area contributed by atoms with Crippen LogP contribution in [0.25, 0.3) is 0 Å². The van der Waals surface area contributed by atoms with Gasteiger partial charge in [-0.3, -0.25) is 9.69 Å². The highest BCUT2D eigenvalue weighted by Crippen LogP contribution is 2.28. The summed E-state index contributed by atoms with van der Waals surface area (Å²) in [7, 11) is 5.07. The summed E-state index contributed by atoms with van der Waals surface area (Å²) in [5.41, 5.74) is 0.795. The summed E-state index contributed by atoms with van der Waals surface area (Å²) in [6.45, 7) is 2.43. The number of hydrogen-bond acceptors (Lipinski definition) is 5. The lowest BCUT2D eigenvalue weighted by atomic mass is 9.92. The molecule has 8 heteroatoms. The van der Waals surface area contributed by atoms with Gasteiger partial charge in [-0.15, -0.1) is 0 Å². The minimum Gasteiger partial charge on any atom is -0.496 e. The Labute approximate surface area is 185 Å². The van der Waals surface area contributed by atoms with Crippen LogP contribution in [0.4, 0.5) is 4.79 Å². The van der Waals surface area contributed by atoms with Crippen LogP contribution < -0.4 is 14.8 Å². The molecule has 2 aromatic rings. The Morgan fingerprint density at radius 3 is 2.43 bits per heavy atom. The number of methoxy groups -OCH3 is 2. The topological polar surface area (TPSA) is 71.1 Å². The number of para-hydroxylation sites is 1. The molecule has 1 fully saturated rings. The molecule has 0 bridgehead atoms. The molecular weight excluding hydrogens is 450 g/mol. The van der Waals surface area contributed by atoms with Crippen molar-refractivity contribution in [2.24, 2.45) is 0 Å². The molecule has 0 saturated carbocycles. The molecule has 0 spiro atoms. The van der Waals surface area contributed by atoms with Gasteiger partial charge in [0.15, 0.2) is 0 Å². The summed E-state index contributed by atoms with van der Waals surface area (Å²) >= 11 is 3.47. The molecule has 1 unspecified atom stereocenters. The number of carbonyl (C=O) groups excluding carboxylic acids is 2. The van der Waals surface area contributed by atoms with Crippen LogP contribution in [0.15, 0.2) is 46.9 Å². The van der Waals surface area contributed by atoms with Crippen LogP contribution in [0.5, 0.6) is 11.5 Å². The lowest BCUT2D eigenvalue weighted by Crippen LogP contribution is -2.46. The molecule has 30 heavy (non-hydrogen) atoms. The van der Waals surface area contributed by atoms with Crippen LogP contribution >= 0.6 is 15.9 Å².